The Bertz CT molecular complexity index is 476. The largest absolute Gasteiger partial charge is 0.418 e. The van der Waals surface area contributed by atoms with Crippen molar-refractivity contribution in [3.63, 3.8) is 0 Å². The van der Waals surface area contributed by atoms with Gasteiger partial charge in [-0.05, 0) is 43.5 Å². The van der Waals surface area contributed by atoms with Crippen molar-refractivity contribution in [2.24, 2.45) is 11.7 Å². The van der Waals surface area contributed by atoms with Crippen LogP contribution in [0, 0.1) is 5.92 Å². The summed E-state index contributed by atoms with van der Waals surface area (Å²) in [5.41, 5.74) is 5.36. The highest BCUT2D eigenvalue weighted by molar-refractivity contribution is 9.10. The van der Waals surface area contributed by atoms with Crippen molar-refractivity contribution in [1.29, 1.82) is 0 Å². The van der Waals surface area contributed by atoms with Crippen molar-refractivity contribution < 1.29 is 13.2 Å². The lowest BCUT2D eigenvalue weighted by Gasteiger charge is -2.33. The summed E-state index contributed by atoms with van der Waals surface area (Å²) < 4.78 is 40.0. The Hall–Kier alpha value is -0.750. The van der Waals surface area contributed by atoms with Crippen molar-refractivity contribution in [3.05, 3.63) is 28.2 Å². The van der Waals surface area contributed by atoms with E-state index in [4.69, 9.17) is 5.73 Å². The zero-order chi connectivity index (χ0) is 14.9. The summed E-state index contributed by atoms with van der Waals surface area (Å²) in [4.78, 5) is 1.75. The fourth-order valence-corrected chi connectivity index (χ4v) is 3.38. The van der Waals surface area contributed by atoms with Gasteiger partial charge in [0.05, 0.1) is 5.56 Å². The van der Waals surface area contributed by atoms with Crippen molar-refractivity contribution >= 4 is 21.6 Å². The van der Waals surface area contributed by atoms with Gasteiger partial charge < -0.3 is 10.6 Å². The molecule has 0 heterocycles. The molecule has 0 bridgehead atoms. The standard InChI is InChI=1S/C14H18BrF3N2/c1-20(12-4-2-3-9(12)8-19)13-6-5-10(15)7-11(13)14(16,17)18/h5-7,9,12H,2-4,8,19H2,1H3. The van der Waals surface area contributed by atoms with E-state index in [1.54, 1.807) is 18.0 Å². The molecule has 1 fully saturated rings. The van der Waals surface area contributed by atoms with Gasteiger partial charge in [-0.25, -0.2) is 0 Å². The Kier molecular flexibility index (Phi) is 4.64. The van der Waals surface area contributed by atoms with Crippen molar-refractivity contribution in [2.75, 3.05) is 18.5 Å². The van der Waals surface area contributed by atoms with Crippen LogP contribution in [0.15, 0.2) is 22.7 Å². The van der Waals surface area contributed by atoms with Gasteiger partial charge in [0.2, 0.25) is 0 Å². The van der Waals surface area contributed by atoms with Gasteiger partial charge in [-0.1, -0.05) is 22.4 Å². The quantitative estimate of drug-likeness (QED) is 0.891. The molecule has 1 aliphatic rings. The number of hydrogen-bond acceptors (Lipinski definition) is 2. The van der Waals surface area contributed by atoms with Gasteiger partial charge in [0.25, 0.3) is 0 Å². The van der Waals surface area contributed by atoms with Gasteiger partial charge in [0.1, 0.15) is 0 Å². The number of hydrogen-bond donors (Lipinski definition) is 1. The molecule has 1 saturated carbocycles. The fraction of sp³-hybridized carbons (Fsp3) is 0.571. The summed E-state index contributed by atoms with van der Waals surface area (Å²) in [5.74, 6) is 0.268. The van der Waals surface area contributed by atoms with E-state index >= 15 is 0 Å². The monoisotopic (exact) mass is 350 g/mol. The van der Waals surface area contributed by atoms with Crippen LogP contribution in [0.5, 0.6) is 0 Å². The number of anilines is 1. The predicted octanol–water partition coefficient (Wildman–Crippen LogP) is 4.03. The number of halogens is 4. The summed E-state index contributed by atoms with van der Waals surface area (Å²) >= 11 is 3.11. The van der Waals surface area contributed by atoms with Crippen LogP contribution in [0.2, 0.25) is 0 Å². The fourth-order valence-electron chi connectivity index (χ4n) is 3.02. The van der Waals surface area contributed by atoms with Gasteiger partial charge in [-0.3, -0.25) is 0 Å². The molecule has 2 rings (SSSR count). The normalized spacial score (nSPS) is 23.1. The summed E-state index contributed by atoms with van der Waals surface area (Å²) in [7, 11) is 1.73. The van der Waals surface area contributed by atoms with Crippen LogP contribution < -0.4 is 10.6 Å². The second-order valence-electron chi connectivity index (χ2n) is 5.26. The van der Waals surface area contributed by atoms with Gasteiger partial charge in [-0.2, -0.15) is 13.2 Å². The number of nitrogens with two attached hydrogens (primary N) is 1. The minimum absolute atomic E-state index is 0.0854. The molecule has 0 aliphatic heterocycles. The van der Waals surface area contributed by atoms with Crippen LogP contribution in [-0.2, 0) is 6.18 Å². The lowest BCUT2D eigenvalue weighted by atomic mass is 10.0. The maximum atomic E-state index is 13.2. The second kappa shape index (κ2) is 5.93. The van der Waals surface area contributed by atoms with Crippen molar-refractivity contribution in [3.8, 4) is 0 Å². The highest BCUT2D eigenvalue weighted by atomic mass is 79.9. The zero-order valence-electron chi connectivity index (χ0n) is 11.3. The molecule has 112 valence electrons. The topological polar surface area (TPSA) is 29.3 Å². The van der Waals surface area contributed by atoms with E-state index in [0.29, 0.717) is 11.0 Å². The smallest absolute Gasteiger partial charge is 0.371 e. The van der Waals surface area contributed by atoms with Gasteiger partial charge in [0.15, 0.2) is 0 Å². The molecule has 2 atom stereocenters. The Labute approximate surface area is 125 Å². The van der Waals surface area contributed by atoms with E-state index in [1.165, 1.54) is 6.07 Å². The Morgan fingerprint density at radius 2 is 2.05 bits per heavy atom. The maximum Gasteiger partial charge on any atom is 0.418 e. The molecule has 2 unspecified atom stereocenters. The van der Waals surface area contributed by atoms with Gasteiger partial charge >= 0.3 is 6.18 Å². The number of alkyl halides is 3. The van der Waals surface area contributed by atoms with E-state index in [1.807, 2.05) is 0 Å². The van der Waals surface area contributed by atoms with E-state index in [-0.39, 0.29) is 17.6 Å². The highest BCUT2D eigenvalue weighted by Gasteiger charge is 2.37. The zero-order valence-corrected chi connectivity index (χ0v) is 12.8. The van der Waals surface area contributed by atoms with E-state index in [0.717, 1.165) is 25.3 Å². The number of nitrogens with zero attached hydrogens (tertiary/aromatic N) is 1. The van der Waals surface area contributed by atoms with Gasteiger partial charge in [0, 0.05) is 23.2 Å². The molecule has 0 aromatic heterocycles. The average Bonchev–Trinajstić information content (AvgIpc) is 2.85. The van der Waals surface area contributed by atoms with Crippen molar-refractivity contribution in [1.82, 2.24) is 0 Å². The molecule has 1 aromatic rings. The minimum atomic E-state index is -4.36. The third-order valence-electron chi connectivity index (χ3n) is 4.06. The minimum Gasteiger partial charge on any atom is -0.371 e. The maximum absolute atomic E-state index is 13.2. The van der Waals surface area contributed by atoms with Crippen LogP contribution in [-0.4, -0.2) is 19.6 Å². The first-order valence-corrected chi connectivity index (χ1v) is 7.43. The molecule has 0 spiro atoms. The van der Waals surface area contributed by atoms with E-state index in [2.05, 4.69) is 15.9 Å². The van der Waals surface area contributed by atoms with Crippen LogP contribution in [0.4, 0.5) is 18.9 Å². The highest BCUT2D eigenvalue weighted by Crippen LogP contribution is 2.40. The van der Waals surface area contributed by atoms with Crippen LogP contribution >= 0.6 is 15.9 Å². The summed E-state index contributed by atoms with van der Waals surface area (Å²) in [6.07, 6.45) is -1.45. The third kappa shape index (κ3) is 3.11. The Morgan fingerprint density at radius 3 is 2.65 bits per heavy atom. The Morgan fingerprint density at radius 1 is 1.35 bits per heavy atom. The molecule has 0 saturated heterocycles. The number of benzene rings is 1. The first-order valence-electron chi connectivity index (χ1n) is 6.64. The molecule has 20 heavy (non-hydrogen) atoms. The molecular weight excluding hydrogens is 333 g/mol. The molecule has 1 aromatic carbocycles. The van der Waals surface area contributed by atoms with Crippen molar-refractivity contribution in [2.45, 2.75) is 31.5 Å². The van der Waals surface area contributed by atoms with Gasteiger partial charge in [-0.15, -0.1) is 0 Å². The molecule has 2 N–H and O–H groups in total. The first-order chi connectivity index (χ1) is 9.34. The van der Waals surface area contributed by atoms with E-state index in [9.17, 15) is 13.2 Å². The molecular formula is C14H18BrF3N2. The van der Waals surface area contributed by atoms with Crippen LogP contribution in [0.25, 0.3) is 0 Å². The average molecular weight is 351 g/mol. The van der Waals surface area contributed by atoms with Crippen LogP contribution in [0.3, 0.4) is 0 Å². The third-order valence-corrected chi connectivity index (χ3v) is 4.56. The van der Waals surface area contributed by atoms with Crippen LogP contribution in [0.1, 0.15) is 24.8 Å². The van der Waals surface area contributed by atoms with E-state index < -0.39 is 11.7 Å². The first kappa shape index (κ1) is 15.6. The molecule has 0 radical (unpaired) electrons. The summed E-state index contributed by atoms with van der Waals surface area (Å²) in [6.45, 7) is 0.521. The summed E-state index contributed by atoms with van der Waals surface area (Å²) in [6, 6.07) is 4.40. The summed E-state index contributed by atoms with van der Waals surface area (Å²) in [5, 5.41) is 0. The SMILES string of the molecule is CN(c1ccc(Br)cc1C(F)(F)F)C1CCCC1CN. The molecule has 2 nitrogen and oxygen atoms in total. The lowest BCUT2D eigenvalue weighted by molar-refractivity contribution is -0.137. The molecule has 6 heteroatoms. The second-order valence-corrected chi connectivity index (χ2v) is 6.18. The molecule has 1 aliphatic carbocycles. The molecule has 0 amide bonds. The Balaban J connectivity index is 2.37. The predicted molar refractivity (Wildman–Crippen MR) is 77.7 cm³/mol. The number of rotatable bonds is 3. The lowest BCUT2D eigenvalue weighted by Crippen LogP contribution is -2.38.